The van der Waals surface area contributed by atoms with Gasteiger partial charge < -0.3 is 4.74 Å². The Bertz CT molecular complexity index is 568. The molecule has 1 saturated carbocycles. The van der Waals surface area contributed by atoms with Crippen LogP contribution in [-0.4, -0.2) is 33.2 Å². The Hall–Kier alpha value is -1.20. The molecule has 22 heavy (non-hydrogen) atoms. The topological polar surface area (TPSA) is 46.4 Å². The molecule has 5 heteroatoms. The molecule has 1 aliphatic heterocycles. The zero-order valence-electron chi connectivity index (χ0n) is 13.2. The van der Waals surface area contributed by atoms with E-state index in [1.54, 1.807) is 0 Å². The third kappa shape index (κ3) is 3.25. The molecule has 0 amide bonds. The zero-order valence-corrected chi connectivity index (χ0v) is 14.0. The molecule has 1 aliphatic carbocycles. The van der Waals surface area contributed by atoms with E-state index in [4.69, 9.17) is 4.74 Å². The Labute approximate surface area is 134 Å². The summed E-state index contributed by atoms with van der Waals surface area (Å²) in [4.78, 5) is 13.0. The third-order valence-electron chi connectivity index (χ3n) is 4.30. The van der Waals surface area contributed by atoms with Gasteiger partial charge in [0, 0.05) is 0 Å². The van der Waals surface area contributed by atoms with Gasteiger partial charge in [-0.25, -0.2) is 4.21 Å². The second-order valence-electron chi connectivity index (χ2n) is 6.22. The first kappa shape index (κ1) is 15.7. The van der Waals surface area contributed by atoms with Crippen LogP contribution in [0.5, 0.6) is 0 Å². The van der Waals surface area contributed by atoms with E-state index in [0.717, 1.165) is 36.1 Å². The molecule has 1 aromatic carbocycles. The fourth-order valence-electron chi connectivity index (χ4n) is 2.77. The van der Waals surface area contributed by atoms with Gasteiger partial charge in [-0.1, -0.05) is 31.0 Å². The number of unbranched alkanes of at least 4 members (excludes halogenated alkanes) is 1. The van der Waals surface area contributed by atoms with Gasteiger partial charge in [-0.3, -0.25) is 4.79 Å². The number of ether oxygens (including phenoxy) is 1. The Morgan fingerprint density at radius 2 is 2.00 bits per heavy atom. The van der Waals surface area contributed by atoms with Crippen molar-refractivity contribution in [1.82, 2.24) is 4.31 Å². The number of hydrogen-bond acceptors (Lipinski definition) is 3. The van der Waals surface area contributed by atoms with Gasteiger partial charge in [-0.15, -0.1) is 0 Å². The van der Waals surface area contributed by atoms with E-state index in [9.17, 15) is 9.00 Å². The number of carbonyl (C=O) groups excluding carboxylic acids is 1. The van der Waals surface area contributed by atoms with E-state index in [1.165, 1.54) is 0 Å². The fraction of sp³-hybridized carbons (Fsp3) is 0.588. The summed E-state index contributed by atoms with van der Waals surface area (Å²) in [6.45, 7) is 4.54. The van der Waals surface area contributed by atoms with Crippen LogP contribution in [0, 0.1) is 12.8 Å². The van der Waals surface area contributed by atoms with Crippen LogP contribution in [-0.2, 0) is 20.5 Å². The van der Waals surface area contributed by atoms with Crippen LogP contribution in [0.2, 0.25) is 0 Å². The largest absolute Gasteiger partial charge is 0.464 e. The third-order valence-corrected chi connectivity index (χ3v) is 5.83. The first-order valence-corrected chi connectivity index (χ1v) is 9.17. The molecule has 2 fully saturated rings. The molecular weight excluding hydrogens is 298 g/mol. The molecule has 0 bridgehead atoms. The van der Waals surface area contributed by atoms with Gasteiger partial charge in [0.2, 0.25) is 0 Å². The van der Waals surface area contributed by atoms with Crippen molar-refractivity contribution in [2.24, 2.45) is 5.92 Å². The molecule has 120 valence electrons. The molecule has 0 N–H and O–H groups in total. The molecular formula is C17H23NO3S. The van der Waals surface area contributed by atoms with Gasteiger partial charge in [0.25, 0.3) is 0 Å². The van der Waals surface area contributed by atoms with Crippen LogP contribution in [0.25, 0.3) is 0 Å². The second-order valence-corrected chi connectivity index (χ2v) is 7.61. The quantitative estimate of drug-likeness (QED) is 0.441. The first-order chi connectivity index (χ1) is 10.6. The Morgan fingerprint density at radius 1 is 1.32 bits per heavy atom. The van der Waals surface area contributed by atoms with Crippen molar-refractivity contribution >= 4 is 17.0 Å². The number of aryl methyl sites for hydroxylation is 1. The molecule has 1 unspecified atom stereocenters. The van der Waals surface area contributed by atoms with Crippen molar-refractivity contribution in [1.29, 1.82) is 0 Å². The van der Waals surface area contributed by atoms with E-state index in [-0.39, 0.29) is 18.1 Å². The summed E-state index contributed by atoms with van der Waals surface area (Å²) in [5.74, 6) is 0.309. The highest BCUT2D eigenvalue weighted by atomic mass is 32.2. The summed E-state index contributed by atoms with van der Waals surface area (Å²) < 4.78 is 19.9. The molecule has 4 atom stereocenters. The van der Waals surface area contributed by atoms with Crippen molar-refractivity contribution in [2.45, 2.75) is 56.5 Å². The SMILES string of the molecule is CCCCOC(=O)[C@H]1[C@@H](C2CC2)N1[S@](=O)c1ccc(C)cc1. The summed E-state index contributed by atoms with van der Waals surface area (Å²) >= 11 is 0. The van der Waals surface area contributed by atoms with Crippen molar-refractivity contribution < 1.29 is 13.7 Å². The van der Waals surface area contributed by atoms with Gasteiger partial charge in [-0.2, -0.15) is 4.31 Å². The molecule has 3 rings (SSSR count). The van der Waals surface area contributed by atoms with Gasteiger partial charge >= 0.3 is 5.97 Å². The fourth-order valence-corrected chi connectivity index (χ4v) is 4.25. The summed E-state index contributed by atoms with van der Waals surface area (Å²) in [5.41, 5.74) is 1.14. The van der Waals surface area contributed by atoms with Crippen molar-refractivity contribution in [3.8, 4) is 0 Å². The average molecular weight is 321 g/mol. The molecule has 0 radical (unpaired) electrons. The Kier molecular flexibility index (Phi) is 4.64. The number of rotatable bonds is 7. The first-order valence-electron chi connectivity index (χ1n) is 8.07. The lowest BCUT2D eigenvalue weighted by molar-refractivity contribution is -0.143. The van der Waals surface area contributed by atoms with Gasteiger partial charge in [-0.05, 0) is 44.2 Å². The monoisotopic (exact) mass is 321 g/mol. The number of esters is 1. The predicted molar refractivity (Wildman–Crippen MR) is 85.6 cm³/mol. The minimum absolute atomic E-state index is 0.108. The smallest absolute Gasteiger partial charge is 0.326 e. The lowest BCUT2D eigenvalue weighted by atomic mass is 10.2. The maximum Gasteiger partial charge on any atom is 0.326 e. The molecule has 1 aromatic rings. The highest BCUT2D eigenvalue weighted by molar-refractivity contribution is 7.83. The molecule has 4 nitrogen and oxygen atoms in total. The van der Waals surface area contributed by atoms with Crippen molar-refractivity contribution in [2.75, 3.05) is 6.61 Å². The van der Waals surface area contributed by atoms with Gasteiger partial charge in [0.15, 0.2) is 0 Å². The summed E-state index contributed by atoms with van der Waals surface area (Å²) in [6.07, 6.45) is 4.15. The highest BCUT2D eigenvalue weighted by Crippen LogP contribution is 2.49. The van der Waals surface area contributed by atoms with Crippen LogP contribution in [0.15, 0.2) is 29.2 Å². The Morgan fingerprint density at radius 3 is 2.59 bits per heavy atom. The van der Waals surface area contributed by atoms with Gasteiger partial charge in [0.1, 0.15) is 17.0 Å². The predicted octanol–water partition coefficient (Wildman–Crippen LogP) is 2.82. The standard InChI is InChI=1S/C17H23NO3S/c1-3-4-11-21-17(19)16-15(13-7-8-13)18(16)22(20)14-9-5-12(2)6-10-14/h5-6,9-10,13,15-16H,3-4,7-8,11H2,1-2H3/t15-,16-,18?,22-/m1/s1. The van der Waals surface area contributed by atoms with E-state index < -0.39 is 11.0 Å². The normalized spacial score (nSPS) is 28.2. The molecule has 0 spiro atoms. The second kappa shape index (κ2) is 6.50. The van der Waals surface area contributed by atoms with E-state index in [2.05, 4.69) is 6.92 Å². The number of benzene rings is 1. The van der Waals surface area contributed by atoms with Crippen LogP contribution in [0.1, 0.15) is 38.2 Å². The number of hydrogen-bond donors (Lipinski definition) is 0. The average Bonchev–Trinajstić information content (AvgIpc) is 3.38. The minimum Gasteiger partial charge on any atom is -0.464 e. The summed E-state index contributed by atoms with van der Waals surface area (Å²) in [5, 5.41) is 0. The minimum atomic E-state index is -1.27. The van der Waals surface area contributed by atoms with Crippen molar-refractivity contribution in [3.63, 3.8) is 0 Å². The van der Waals surface area contributed by atoms with E-state index in [1.807, 2.05) is 35.5 Å². The molecule has 0 aromatic heterocycles. The Balaban J connectivity index is 1.67. The zero-order chi connectivity index (χ0) is 15.7. The van der Waals surface area contributed by atoms with Crippen LogP contribution in [0.3, 0.4) is 0 Å². The molecule has 1 heterocycles. The lowest BCUT2D eigenvalue weighted by Crippen LogP contribution is -2.18. The lowest BCUT2D eigenvalue weighted by Gasteiger charge is -2.05. The van der Waals surface area contributed by atoms with Crippen LogP contribution < -0.4 is 0 Å². The van der Waals surface area contributed by atoms with Gasteiger partial charge in [0.05, 0.1) is 17.5 Å². The molecule has 1 saturated heterocycles. The van der Waals surface area contributed by atoms with Crippen molar-refractivity contribution in [3.05, 3.63) is 29.8 Å². The van der Waals surface area contributed by atoms with E-state index in [0.29, 0.717) is 12.5 Å². The number of nitrogens with zero attached hydrogens (tertiary/aromatic N) is 1. The summed E-state index contributed by atoms with van der Waals surface area (Å²) in [7, 11) is -1.27. The van der Waals surface area contributed by atoms with Crippen LogP contribution >= 0.6 is 0 Å². The summed E-state index contributed by atoms with van der Waals surface area (Å²) in [6, 6.07) is 7.47. The molecule has 2 aliphatic rings. The highest BCUT2D eigenvalue weighted by Gasteiger charge is 2.62. The maximum absolute atomic E-state index is 12.7. The number of carbonyl (C=O) groups is 1. The maximum atomic E-state index is 12.7. The van der Waals surface area contributed by atoms with Crippen LogP contribution in [0.4, 0.5) is 0 Å². The van der Waals surface area contributed by atoms with E-state index >= 15 is 0 Å².